The monoisotopic (exact) mass is 408 g/mol. The number of hydrogen-bond acceptors (Lipinski definition) is 5. The molecule has 0 spiro atoms. The van der Waals surface area contributed by atoms with Gasteiger partial charge >= 0.3 is 5.97 Å². The van der Waals surface area contributed by atoms with Gasteiger partial charge in [0.15, 0.2) is 6.61 Å². The van der Waals surface area contributed by atoms with E-state index in [2.05, 4.69) is 10.1 Å². The van der Waals surface area contributed by atoms with Gasteiger partial charge in [-0.05, 0) is 68.4 Å². The molecule has 30 heavy (non-hydrogen) atoms. The lowest BCUT2D eigenvalue weighted by atomic mass is 10.2. The summed E-state index contributed by atoms with van der Waals surface area (Å²) in [5, 5.41) is 2.89. The van der Waals surface area contributed by atoms with Crippen LogP contribution in [0.5, 0.6) is 11.5 Å². The van der Waals surface area contributed by atoms with Gasteiger partial charge in [0, 0.05) is 22.8 Å². The lowest BCUT2D eigenvalue weighted by Gasteiger charge is -2.11. The van der Waals surface area contributed by atoms with Gasteiger partial charge in [-0.2, -0.15) is 0 Å². The van der Waals surface area contributed by atoms with Gasteiger partial charge in [0.1, 0.15) is 11.5 Å². The van der Waals surface area contributed by atoms with Crippen molar-refractivity contribution in [3.63, 3.8) is 0 Å². The second-order valence-electron chi connectivity index (χ2n) is 6.66. The molecule has 1 aromatic heterocycles. The van der Waals surface area contributed by atoms with Crippen molar-refractivity contribution in [2.75, 3.05) is 26.1 Å². The maximum atomic E-state index is 12.8. The van der Waals surface area contributed by atoms with Crippen molar-refractivity contribution in [2.24, 2.45) is 0 Å². The highest BCUT2D eigenvalue weighted by Gasteiger charge is 2.17. The van der Waals surface area contributed by atoms with E-state index in [4.69, 9.17) is 9.47 Å². The van der Waals surface area contributed by atoms with Crippen LogP contribution in [0.2, 0.25) is 0 Å². The van der Waals surface area contributed by atoms with E-state index in [-0.39, 0.29) is 12.5 Å². The number of nitrogens with one attached hydrogen (secondary N) is 1. The maximum absolute atomic E-state index is 12.8. The number of rotatable bonds is 7. The summed E-state index contributed by atoms with van der Waals surface area (Å²) in [6.45, 7) is 3.71. The summed E-state index contributed by atoms with van der Waals surface area (Å²) in [5.74, 6) is 0.625. The molecular formula is C23H24N2O5. The summed E-state index contributed by atoms with van der Waals surface area (Å²) < 4.78 is 17.1. The zero-order chi connectivity index (χ0) is 21.7. The first-order valence-corrected chi connectivity index (χ1v) is 9.37. The molecule has 0 atom stereocenters. The Bertz CT molecular complexity index is 1040. The van der Waals surface area contributed by atoms with Crippen LogP contribution in [0.25, 0.3) is 5.69 Å². The Hall–Kier alpha value is -3.74. The molecule has 0 aliphatic heterocycles. The molecule has 0 aliphatic rings. The largest absolute Gasteiger partial charge is 0.497 e. The molecule has 3 aromatic rings. The Morgan fingerprint density at radius 3 is 2.17 bits per heavy atom. The number of ether oxygens (including phenoxy) is 3. The summed E-state index contributed by atoms with van der Waals surface area (Å²) in [5.41, 5.74) is 3.97. The molecule has 0 unspecified atom stereocenters. The van der Waals surface area contributed by atoms with E-state index in [1.165, 1.54) is 7.11 Å². The maximum Gasteiger partial charge on any atom is 0.343 e. The molecule has 1 amide bonds. The lowest BCUT2D eigenvalue weighted by Crippen LogP contribution is -2.14. The third-order valence-electron chi connectivity index (χ3n) is 4.70. The first-order valence-electron chi connectivity index (χ1n) is 9.37. The van der Waals surface area contributed by atoms with E-state index >= 15 is 0 Å². The summed E-state index contributed by atoms with van der Waals surface area (Å²) in [6, 6.07) is 16.3. The van der Waals surface area contributed by atoms with Crippen molar-refractivity contribution in [2.45, 2.75) is 13.8 Å². The first kappa shape index (κ1) is 21.0. The zero-order valence-electron chi connectivity index (χ0n) is 17.4. The Morgan fingerprint density at radius 1 is 0.933 bits per heavy atom. The van der Waals surface area contributed by atoms with Crippen LogP contribution in [0.15, 0.2) is 54.6 Å². The van der Waals surface area contributed by atoms with Crippen LogP contribution in [0, 0.1) is 13.8 Å². The zero-order valence-corrected chi connectivity index (χ0v) is 17.4. The smallest absolute Gasteiger partial charge is 0.343 e. The number of aromatic nitrogens is 1. The standard InChI is InChI=1S/C23H24N2O5/c1-15-13-21(16(2)25(15)18-7-11-19(28-3)12-8-18)23(27)24-17-5-9-20(10-6-17)30-14-22(26)29-4/h5-13H,14H2,1-4H3,(H,24,27). The first-order chi connectivity index (χ1) is 14.4. The molecule has 1 heterocycles. The highest BCUT2D eigenvalue weighted by Crippen LogP contribution is 2.24. The van der Waals surface area contributed by atoms with Gasteiger partial charge in [-0.1, -0.05) is 0 Å². The highest BCUT2D eigenvalue weighted by atomic mass is 16.6. The minimum atomic E-state index is -0.459. The van der Waals surface area contributed by atoms with Gasteiger partial charge in [-0.15, -0.1) is 0 Å². The molecule has 2 aromatic carbocycles. The number of methoxy groups -OCH3 is 2. The van der Waals surface area contributed by atoms with Crippen LogP contribution in [0.1, 0.15) is 21.7 Å². The van der Waals surface area contributed by atoms with E-state index in [1.54, 1.807) is 31.4 Å². The summed E-state index contributed by atoms with van der Waals surface area (Å²) >= 11 is 0. The quantitative estimate of drug-likeness (QED) is 0.600. The Kier molecular flexibility index (Phi) is 6.41. The molecule has 7 heteroatoms. The SMILES string of the molecule is COC(=O)COc1ccc(NC(=O)c2cc(C)n(-c3ccc(OC)cc3)c2C)cc1. The summed E-state index contributed by atoms with van der Waals surface area (Å²) in [7, 11) is 2.93. The number of carbonyl (C=O) groups is 2. The molecule has 3 rings (SSSR count). The average molecular weight is 408 g/mol. The Morgan fingerprint density at radius 2 is 1.57 bits per heavy atom. The fourth-order valence-electron chi connectivity index (χ4n) is 3.16. The predicted molar refractivity (Wildman–Crippen MR) is 114 cm³/mol. The van der Waals surface area contributed by atoms with Crippen LogP contribution in [-0.4, -0.2) is 37.3 Å². The van der Waals surface area contributed by atoms with Crippen molar-refractivity contribution in [1.29, 1.82) is 0 Å². The van der Waals surface area contributed by atoms with E-state index < -0.39 is 5.97 Å². The molecule has 0 aliphatic carbocycles. The van der Waals surface area contributed by atoms with Crippen LogP contribution < -0.4 is 14.8 Å². The molecule has 0 saturated heterocycles. The summed E-state index contributed by atoms with van der Waals surface area (Å²) in [4.78, 5) is 24.0. The lowest BCUT2D eigenvalue weighted by molar-refractivity contribution is -0.142. The predicted octanol–water partition coefficient (Wildman–Crippen LogP) is 3.91. The Balaban J connectivity index is 1.73. The second-order valence-corrected chi connectivity index (χ2v) is 6.66. The fraction of sp³-hybridized carbons (Fsp3) is 0.217. The topological polar surface area (TPSA) is 78.8 Å². The highest BCUT2D eigenvalue weighted by molar-refractivity contribution is 6.05. The fourth-order valence-corrected chi connectivity index (χ4v) is 3.16. The van der Waals surface area contributed by atoms with Crippen molar-refractivity contribution < 1.29 is 23.8 Å². The van der Waals surface area contributed by atoms with Crippen molar-refractivity contribution in [1.82, 2.24) is 4.57 Å². The Labute approximate surface area is 175 Å². The molecule has 0 fully saturated rings. The number of amides is 1. The van der Waals surface area contributed by atoms with Gasteiger partial charge in [0.05, 0.1) is 19.8 Å². The van der Waals surface area contributed by atoms with Gasteiger partial charge in [0.25, 0.3) is 5.91 Å². The summed E-state index contributed by atoms with van der Waals surface area (Å²) in [6.07, 6.45) is 0. The van der Waals surface area contributed by atoms with Gasteiger partial charge in [-0.3, -0.25) is 4.79 Å². The van der Waals surface area contributed by atoms with Crippen LogP contribution in [0.4, 0.5) is 5.69 Å². The number of carbonyl (C=O) groups excluding carboxylic acids is 2. The van der Waals surface area contributed by atoms with Gasteiger partial charge in [-0.25, -0.2) is 4.79 Å². The number of hydrogen-bond donors (Lipinski definition) is 1. The van der Waals surface area contributed by atoms with E-state index in [9.17, 15) is 9.59 Å². The average Bonchev–Trinajstić information content (AvgIpc) is 3.07. The molecular weight excluding hydrogens is 384 g/mol. The van der Waals surface area contributed by atoms with Gasteiger partial charge < -0.3 is 24.1 Å². The van der Waals surface area contributed by atoms with Gasteiger partial charge in [0.2, 0.25) is 0 Å². The number of nitrogens with zero attached hydrogens (tertiary/aromatic N) is 1. The van der Waals surface area contributed by atoms with Crippen LogP contribution >= 0.6 is 0 Å². The minimum absolute atomic E-state index is 0.167. The van der Waals surface area contributed by atoms with Crippen molar-refractivity contribution in [3.8, 4) is 17.2 Å². The number of aryl methyl sites for hydroxylation is 1. The normalized spacial score (nSPS) is 10.4. The van der Waals surface area contributed by atoms with Crippen LogP contribution in [0.3, 0.4) is 0 Å². The molecule has 1 N–H and O–H groups in total. The number of anilines is 1. The van der Waals surface area contributed by atoms with Crippen molar-refractivity contribution >= 4 is 17.6 Å². The molecule has 156 valence electrons. The minimum Gasteiger partial charge on any atom is -0.497 e. The molecule has 0 radical (unpaired) electrons. The third-order valence-corrected chi connectivity index (χ3v) is 4.70. The molecule has 0 bridgehead atoms. The number of esters is 1. The van der Waals surface area contributed by atoms with Crippen LogP contribution in [-0.2, 0) is 9.53 Å². The third kappa shape index (κ3) is 4.63. The number of benzene rings is 2. The van der Waals surface area contributed by atoms with E-state index in [1.807, 2.05) is 48.7 Å². The molecule has 7 nitrogen and oxygen atoms in total. The van der Waals surface area contributed by atoms with Crippen molar-refractivity contribution in [3.05, 3.63) is 71.5 Å². The van der Waals surface area contributed by atoms with E-state index in [0.717, 1.165) is 22.8 Å². The van der Waals surface area contributed by atoms with E-state index in [0.29, 0.717) is 17.0 Å². The second kappa shape index (κ2) is 9.17. The molecule has 0 saturated carbocycles.